The fourth-order valence-corrected chi connectivity index (χ4v) is 1.66. The Morgan fingerprint density at radius 2 is 1.35 bits per heavy atom. The summed E-state index contributed by atoms with van der Waals surface area (Å²) in [6.45, 7) is -0.688. The molecule has 0 aliphatic rings. The molecule has 124 valence electrons. The Labute approximate surface area is 116 Å². The minimum Gasteiger partial charge on any atom is -0.394 e. The molecule has 8 N–H and O–H groups in total. The van der Waals surface area contributed by atoms with Crippen molar-refractivity contribution in [2.75, 3.05) is 6.61 Å². The molecule has 1 unspecified atom stereocenters. The fraction of sp³-hybridized carbons (Fsp3) is 0.800. The minimum absolute atomic E-state index is 0. The number of carbonyl (C=O) groups is 1. The number of aliphatic hydroxyl groups excluding tert-OH is 4. The summed E-state index contributed by atoms with van der Waals surface area (Å²) in [6.07, 6.45) is -4.63. The van der Waals surface area contributed by atoms with E-state index in [1.165, 1.54) is 0 Å². The highest BCUT2D eigenvalue weighted by atomic mass is 31.3. The van der Waals surface area contributed by atoms with Gasteiger partial charge in [0.2, 0.25) is 0 Å². The van der Waals surface area contributed by atoms with E-state index in [9.17, 15) is 13.9 Å². The monoisotopic (exact) mass is 362 g/mol. The fourth-order valence-electron chi connectivity index (χ4n) is 0.555. The summed E-state index contributed by atoms with van der Waals surface area (Å²) in [5.41, 5.74) is 0. The third kappa shape index (κ3) is 16.3. The van der Waals surface area contributed by atoms with E-state index >= 15 is 0 Å². The largest absolute Gasteiger partial charge is 0.478 e. The summed E-state index contributed by atoms with van der Waals surface area (Å²) < 4.78 is 22.2. The number of hydrogen-bond acceptors (Lipinski definition) is 8. The number of aldehydes is 1. The van der Waals surface area contributed by atoms with Crippen LogP contribution in [-0.2, 0) is 18.2 Å². The first-order valence-corrected chi connectivity index (χ1v) is 7.33. The molecule has 0 bridgehead atoms. The van der Waals surface area contributed by atoms with Crippen molar-refractivity contribution in [3.63, 3.8) is 0 Å². The van der Waals surface area contributed by atoms with Gasteiger partial charge in [-0.2, -0.15) is 14.2 Å². The Morgan fingerprint density at radius 1 is 1.00 bits per heavy atom. The van der Waals surface area contributed by atoms with Crippen molar-refractivity contribution in [3.05, 3.63) is 0 Å². The SMILES string of the molecule is O=C[C@H](O)[C@H](O)[C@H](O)CO.O=P(O)(O)OP(=O)(O)O.P. The summed E-state index contributed by atoms with van der Waals surface area (Å²) >= 11 is 0. The third-order valence-electron chi connectivity index (χ3n) is 1.28. The molecule has 0 radical (unpaired) electrons. The van der Waals surface area contributed by atoms with Crippen LogP contribution in [0.15, 0.2) is 0 Å². The van der Waals surface area contributed by atoms with Gasteiger partial charge in [-0.3, -0.25) is 0 Å². The maximum atomic E-state index is 9.76. The smallest absolute Gasteiger partial charge is 0.394 e. The van der Waals surface area contributed by atoms with Crippen LogP contribution in [0, 0.1) is 0 Å². The minimum atomic E-state index is -5.05. The number of rotatable bonds is 6. The molecule has 0 saturated carbocycles. The summed E-state index contributed by atoms with van der Waals surface area (Å²) in [4.78, 5) is 40.8. The number of carbonyl (C=O) groups excluding carboxylic acids is 1. The second-order valence-electron chi connectivity index (χ2n) is 2.93. The normalized spacial score (nSPS) is 16.0. The maximum absolute atomic E-state index is 9.76. The maximum Gasteiger partial charge on any atom is 0.478 e. The molecule has 0 aromatic carbocycles. The first-order chi connectivity index (χ1) is 8.34. The van der Waals surface area contributed by atoms with Gasteiger partial charge in [-0.15, -0.1) is 0 Å². The van der Waals surface area contributed by atoms with E-state index in [-0.39, 0.29) is 16.2 Å². The van der Waals surface area contributed by atoms with Gasteiger partial charge in [-0.05, 0) is 0 Å². The Bertz CT molecular complexity index is 327. The molecule has 0 fully saturated rings. The van der Waals surface area contributed by atoms with Gasteiger partial charge in [0.1, 0.15) is 18.3 Å². The van der Waals surface area contributed by atoms with Gasteiger partial charge in [0.15, 0.2) is 6.29 Å². The van der Waals surface area contributed by atoms with Gasteiger partial charge in [-0.25, -0.2) is 9.13 Å². The molecule has 0 aromatic heterocycles. The van der Waals surface area contributed by atoms with Crippen LogP contribution in [0.25, 0.3) is 0 Å². The lowest BCUT2D eigenvalue weighted by Crippen LogP contribution is -2.40. The number of phosphoric acid groups is 2. The van der Waals surface area contributed by atoms with Crippen LogP contribution in [0.3, 0.4) is 0 Å². The summed E-state index contributed by atoms with van der Waals surface area (Å²) in [7, 11) is -10.1. The average Bonchev–Trinajstić information content (AvgIpc) is 2.21. The third-order valence-corrected chi connectivity index (χ3v) is 2.99. The first kappa shape index (κ1) is 25.2. The van der Waals surface area contributed by atoms with Crippen molar-refractivity contribution in [3.8, 4) is 0 Å². The van der Waals surface area contributed by atoms with Gasteiger partial charge in [0, 0.05) is 0 Å². The molecule has 0 saturated heterocycles. The van der Waals surface area contributed by atoms with Crippen LogP contribution in [0.1, 0.15) is 0 Å². The van der Waals surface area contributed by atoms with Crippen molar-refractivity contribution in [2.45, 2.75) is 18.3 Å². The number of hydrogen-bond donors (Lipinski definition) is 8. The van der Waals surface area contributed by atoms with Crippen molar-refractivity contribution >= 4 is 31.8 Å². The Morgan fingerprint density at radius 3 is 1.50 bits per heavy atom. The number of aliphatic hydroxyl groups is 4. The van der Waals surface area contributed by atoms with Crippen LogP contribution in [0.5, 0.6) is 0 Å². The molecule has 0 aliphatic heterocycles. The van der Waals surface area contributed by atoms with Gasteiger partial charge < -0.3 is 44.8 Å². The summed E-state index contributed by atoms with van der Waals surface area (Å²) in [6, 6.07) is 0. The zero-order valence-electron chi connectivity index (χ0n) is 9.83. The van der Waals surface area contributed by atoms with Crippen LogP contribution in [0.4, 0.5) is 0 Å². The van der Waals surface area contributed by atoms with Gasteiger partial charge in [0.05, 0.1) is 6.61 Å². The van der Waals surface area contributed by atoms with E-state index < -0.39 is 40.6 Å². The molecular weight excluding hydrogens is 345 g/mol. The van der Waals surface area contributed by atoms with E-state index in [1.54, 1.807) is 0 Å². The first-order valence-electron chi connectivity index (χ1n) is 4.27. The molecule has 0 rings (SSSR count). The zero-order valence-corrected chi connectivity index (χ0v) is 13.0. The molecule has 0 aromatic rings. The molecular formula is C5H17O12P3. The molecule has 0 heterocycles. The second-order valence-corrected chi connectivity index (χ2v) is 5.55. The lowest BCUT2D eigenvalue weighted by molar-refractivity contribution is -0.127. The molecule has 0 spiro atoms. The highest BCUT2D eigenvalue weighted by Gasteiger charge is 2.28. The highest BCUT2D eigenvalue weighted by Crippen LogP contribution is 2.53. The summed E-state index contributed by atoms with van der Waals surface area (Å²) in [5.74, 6) is 0. The summed E-state index contributed by atoms with van der Waals surface area (Å²) in [5, 5.41) is 34.1. The van der Waals surface area contributed by atoms with Crippen molar-refractivity contribution in [1.29, 1.82) is 0 Å². The molecule has 0 aliphatic carbocycles. The highest BCUT2D eigenvalue weighted by molar-refractivity contribution is 7.60. The predicted octanol–water partition coefficient (Wildman–Crippen LogP) is -3.49. The van der Waals surface area contributed by atoms with Crippen LogP contribution < -0.4 is 0 Å². The molecule has 20 heavy (non-hydrogen) atoms. The molecule has 12 nitrogen and oxygen atoms in total. The van der Waals surface area contributed by atoms with E-state index in [2.05, 4.69) is 4.31 Å². The standard InChI is InChI=1S/C5H10O5.H4O7P2.H3P/c6-1-3(8)5(10)4(9)2-7;1-8(2,3)7-9(4,5)6;/h1,3-5,7-10H,2H2;(H2,1,2,3)(H2,4,5,6);1H3/t3-,4+,5-;;/m0../s1. The molecule has 15 heteroatoms. The van der Waals surface area contributed by atoms with Crippen molar-refractivity contribution in [1.82, 2.24) is 0 Å². The van der Waals surface area contributed by atoms with E-state index in [0.29, 0.717) is 0 Å². The molecule has 4 atom stereocenters. The molecule has 0 amide bonds. The lowest BCUT2D eigenvalue weighted by Gasteiger charge is -2.16. The van der Waals surface area contributed by atoms with Crippen molar-refractivity contribution < 1.29 is 58.2 Å². The van der Waals surface area contributed by atoms with Crippen LogP contribution in [-0.4, -0.2) is 71.2 Å². The Balaban J connectivity index is -0.000000277. The topological polar surface area (TPSA) is 222 Å². The second kappa shape index (κ2) is 10.9. The quantitative estimate of drug-likeness (QED) is 0.170. The van der Waals surface area contributed by atoms with E-state index in [1.807, 2.05) is 0 Å². The van der Waals surface area contributed by atoms with Gasteiger partial charge in [0.25, 0.3) is 0 Å². The van der Waals surface area contributed by atoms with Crippen LogP contribution >= 0.6 is 25.5 Å². The van der Waals surface area contributed by atoms with Crippen LogP contribution in [0.2, 0.25) is 0 Å². The van der Waals surface area contributed by atoms with Crippen molar-refractivity contribution in [2.24, 2.45) is 0 Å². The van der Waals surface area contributed by atoms with E-state index in [0.717, 1.165) is 0 Å². The Kier molecular flexibility index (Phi) is 13.7. The lowest BCUT2D eigenvalue weighted by atomic mass is 10.1. The van der Waals surface area contributed by atoms with Gasteiger partial charge >= 0.3 is 15.6 Å². The zero-order chi connectivity index (χ0) is 15.9. The van der Waals surface area contributed by atoms with Gasteiger partial charge in [-0.1, -0.05) is 0 Å². The van der Waals surface area contributed by atoms with E-state index in [4.69, 9.17) is 40.0 Å². The Hall–Kier alpha value is 0.200. The predicted molar refractivity (Wildman–Crippen MR) is 67.4 cm³/mol. The average molecular weight is 362 g/mol.